The molecule has 0 fully saturated rings. The van der Waals surface area contributed by atoms with Crippen LogP contribution < -0.4 is 0 Å². The van der Waals surface area contributed by atoms with Crippen molar-refractivity contribution < 1.29 is 4.79 Å². The minimum atomic E-state index is 0.309. The molecule has 3 heteroatoms. The molecule has 0 unspecified atom stereocenters. The number of nitrogens with zero attached hydrogens (tertiary/aromatic N) is 2. The van der Waals surface area contributed by atoms with E-state index in [-0.39, 0.29) is 0 Å². The second-order valence-electron chi connectivity index (χ2n) is 4.18. The first-order valence-electron chi connectivity index (χ1n) is 4.13. The Hall–Kier alpha value is -1.12. The lowest BCUT2D eigenvalue weighted by Crippen LogP contribution is -2.13. The van der Waals surface area contributed by atoms with E-state index in [1.807, 2.05) is 10.7 Å². The van der Waals surface area contributed by atoms with E-state index >= 15 is 0 Å². The van der Waals surface area contributed by atoms with Gasteiger partial charge in [-0.1, -0.05) is 13.8 Å². The Morgan fingerprint density at radius 1 is 1.67 bits per heavy atom. The average Bonchev–Trinajstić information content (AvgIpc) is 2.40. The molecule has 0 radical (unpaired) electrons. The summed E-state index contributed by atoms with van der Waals surface area (Å²) < 4.78 is 1.93. The summed E-state index contributed by atoms with van der Waals surface area (Å²) in [4.78, 5) is 10.4. The van der Waals surface area contributed by atoms with Gasteiger partial charge in [-0.25, -0.2) is 0 Å². The van der Waals surface area contributed by atoms with Crippen molar-refractivity contribution in [2.75, 3.05) is 0 Å². The third kappa shape index (κ3) is 1.05. The Morgan fingerprint density at radius 3 is 3.00 bits per heavy atom. The minimum absolute atomic E-state index is 0.309. The fourth-order valence-corrected chi connectivity index (χ4v) is 1.77. The SMILES string of the molecule is CC1(C)Cc2cc(C=O)nn2C1. The van der Waals surface area contributed by atoms with Crippen LogP contribution in [-0.4, -0.2) is 16.1 Å². The molecular formula is C9H12N2O. The van der Waals surface area contributed by atoms with Gasteiger partial charge in [0.25, 0.3) is 0 Å². The van der Waals surface area contributed by atoms with Crippen LogP contribution in [0.15, 0.2) is 6.07 Å². The summed E-state index contributed by atoms with van der Waals surface area (Å²) in [5.41, 5.74) is 2.05. The van der Waals surface area contributed by atoms with E-state index in [0.717, 1.165) is 19.3 Å². The normalized spacial score (nSPS) is 19.2. The van der Waals surface area contributed by atoms with Crippen molar-refractivity contribution >= 4 is 6.29 Å². The van der Waals surface area contributed by atoms with Gasteiger partial charge in [0.15, 0.2) is 6.29 Å². The summed E-state index contributed by atoms with van der Waals surface area (Å²) in [6.07, 6.45) is 1.83. The molecule has 0 aliphatic carbocycles. The van der Waals surface area contributed by atoms with Gasteiger partial charge in [0.2, 0.25) is 0 Å². The summed E-state index contributed by atoms with van der Waals surface area (Å²) in [5, 5.41) is 4.15. The maximum Gasteiger partial charge on any atom is 0.170 e. The third-order valence-corrected chi connectivity index (χ3v) is 2.24. The predicted molar refractivity (Wildman–Crippen MR) is 45.1 cm³/mol. The molecule has 0 saturated carbocycles. The van der Waals surface area contributed by atoms with Crippen LogP contribution in [0.3, 0.4) is 0 Å². The number of fused-ring (bicyclic) bond motifs is 1. The van der Waals surface area contributed by atoms with Gasteiger partial charge >= 0.3 is 0 Å². The maximum absolute atomic E-state index is 10.4. The van der Waals surface area contributed by atoms with E-state index in [1.54, 1.807) is 0 Å². The number of hydrogen-bond donors (Lipinski definition) is 0. The van der Waals surface area contributed by atoms with Crippen LogP contribution >= 0.6 is 0 Å². The number of carbonyl (C=O) groups is 1. The Bertz CT molecular complexity index is 300. The molecule has 64 valence electrons. The summed E-state index contributed by atoms with van der Waals surface area (Å²) in [6.45, 7) is 5.35. The van der Waals surface area contributed by atoms with Crippen LogP contribution in [0.4, 0.5) is 0 Å². The summed E-state index contributed by atoms with van der Waals surface area (Å²) >= 11 is 0. The average molecular weight is 164 g/mol. The van der Waals surface area contributed by atoms with Crippen molar-refractivity contribution in [2.45, 2.75) is 26.8 Å². The highest BCUT2D eigenvalue weighted by Crippen LogP contribution is 2.30. The lowest BCUT2D eigenvalue weighted by atomic mass is 9.91. The molecule has 0 amide bonds. The molecule has 0 bridgehead atoms. The van der Waals surface area contributed by atoms with E-state index in [4.69, 9.17) is 0 Å². The fourth-order valence-electron chi connectivity index (χ4n) is 1.77. The van der Waals surface area contributed by atoms with Gasteiger partial charge in [-0.3, -0.25) is 9.48 Å². The largest absolute Gasteiger partial charge is 0.296 e. The standard InChI is InChI=1S/C9H12N2O/c1-9(2)4-8-3-7(5-12)10-11(8)6-9/h3,5H,4,6H2,1-2H3. The van der Waals surface area contributed by atoms with Gasteiger partial charge in [0.1, 0.15) is 5.69 Å². The van der Waals surface area contributed by atoms with Crippen LogP contribution in [-0.2, 0) is 13.0 Å². The van der Waals surface area contributed by atoms with Crippen LogP contribution in [0.5, 0.6) is 0 Å². The highest BCUT2D eigenvalue weighted by Gasteiger charge is 2.29. The smallest absolute Gasteiger partial charge is 0.170 e. The zero-order valence-electron chi connectivity index (χ0n) is 7.37. The topological polar surface area (TPSA) is 34.9 Å². The summed E-state index contributed by atoms with van der Waals surface area (Å²) in [6, 6.07) is 1.88. The van der Waals surface area contributed by atoms with E-state index in [0.29, 0.717) is 11.1 Å². The zero-order valence-corrected chi connectivity index (χ0v) is 7.37. The molecule has 1 aliphatic rings. The highest BCUT2D eigenvalue weighted by molar-refractivity contribution is 5.71. The summed E-state index contributed by atoms with van der Waals surface area (Å²) in [7, 11) is 0. The number of rotatable bonds is 1. The molecule has 0 atom stereocenters. The summed E-state index contributed by atoms with van der Waals surface area (Å²) in [5.74, 6) is 0. The number of aldehydes is 1. The number of aromatic nitrogens is 2. The Labute approximate surface area is 71.4 Å². The van der Waals surface area contributed by atoms with Gasteiger partial charge in [-0.15, -0.1) is 0 Å². The van der Waals surface area contributed by atoms with Crippen molar-refractivity contribution in [3.8, 4) is 0 Å². The van der Waals surface area contributed by atoms with Gasteiger partial charge in [-0.05, 0) is 17.9 Å². The predicted octanol–water partition coefficient (Wildman–Crippen LogP) is 1.28. The van der Waals surface area contributed by atoms with Crippen LogP contribution in [0.1, 0.15) is 30.0 Å². The molecule has 0 aromatic carbocycles. The minimum Gasteiger partial charge on any atom is -0.296 e. The molecule has 0 saturated heterocycles. The van der Waals surface area contributed by atoms with Crippen molar-refractivity contribution in [3.63, 3.8) is 0 Å². The van der Waals surface area contributed by atoms with Crippen LogP contribution in [0.25, 0.3) is 0 Å². The number of carbonyl (C=O) groups excluding carboxylic acids is 1. The van der Waals surface area contributed by atoms with Gasteiger partial charge < -0.3 is 0 Å². The molecule has 0 N–H and O–H groups in total. The van der Waals surface area contributed by atoms with Crippen LogP contribution in [0.2, 0.25) is 0 Å². The maximum atomic E-state index is 10.4. The van der Waals surface area contributed by atoms with Gasteiger partial charge in [-0.2, -0.15) is 5.10 Å². The second kappa shape index (κ2) is 2.19. The van der Waals surface area contributed by atoms with Crippen molar-refractivity contribution in [1.29, 1.82) is 0 Å². The van der Waals surface area contributed by atoms with Crippen LogP contribution in [0, 0.1) is 5.41 Å². The van der Waals surface area contributed by atoms with Crippen molar-refractivity contribution in [2.24, 2.45) is 5.41 Å². The van der Waals surface area contributed by atoms with Gasteiger partial charge in [0, 0.05) is 12.2 Å². The Morgan fingerprint density at radius 2 is 2.42 bits per heavy atom. The quantitative estimate of drug-likeness (QED) is 0.586. The molecule has 2 rings (SSSR count). The lowest BCUT2D eigenvalue weighted by molar-refractivity contribution is 0.111. The molecular weight excluding hydrogens is 152 g/mol. The van der Waals surface area contributed by atoms with E-state index in [2.05, 4.69) is 18.9 Å². The molecule has 1 aliphatic heterocycles. The Kier molecular flexibility index (Phi) is 1.37. The molecule has 2 heterocycles. The second-order valence-corrected chi connectivity index (χ2v) is 4.18. The first kappa shape index (κ1) is 7.53. The van der Waals surface area contributed by atoms with E-state index < -0.39 is 0 Å². The number of hydrogen-bond acceptors (Lipinski definition) is 2. The Balaban J connectivity index is 2.35. The fraction of sp³-hybridized carbons (Fsp3) is 0.556. The van der Waals surface area contributed by atoms with Gasteiger partial charge in [0.05, 0.1) is 0 Å². The molecule has 12 heavy (non-hydrogen) atoms. The van der Waals surface area contributed by atoms with Crippen molar-refractivity contribution in [3.05, 3.63) is 17.5 Å². The lowest BCUT2D eigenvalue weighted by Gasteiger charge is -2.14. The van der Waals surface area contributed by atoms with E-state index in [9.17, 15) is 4.79 Å². The van der Waals surface area contributed by atoms with E-state index in [1.165, 1.54) is 5.69 Å². The molecule has 3 nitrogen and oxygen atoms in total. The molecule has 0 spiro atoms. The first-order chi connectivity index (χ1) is 5.61. The van der Waals surface area contributed by atoms with Crippen molar-refractivity contribution in [1.82, 2.24) is 9.78 Å². The zero-order chi connectivity index (χ0) is 8.77. The monoisotopic (exact) mass is 164 g/mol. The molecule has 1 aromatic heterocycles. The third-order valence-electron chi connectivity index (χ3n) is 2.24. The molecule has 1 aromatic rings. The first-order valence-corrected chi connectivity index (χ1v) is 4.13. The highest BCUT2D eigenvalue weighted by atomic mass is 16.1.